The van der Waals surface area contributed by atoms with Crippen LogP contribution in [0.25, 0.3) is 10.9 Å². The highest BCUT2D eigenvalue weighted by Crippen LogP contribution is 2.28. The van der Waals surface area contributed by atoms with Gasteiger partial charge in [0.15, 0.2) is 11.6 Å². The van der Waals surface area contributed by atoms with E-state index in [2.05, 4.69) is 9.97 Å². The number of halogens is 1. The molecule has 1 aromatic heterocycles. The van der Waals surface area contributed by atoms with E-state index >= 15 is 0 Å². The minimum atomic E-state index is -0.557. The predicted molar refractivity (Wildman–Crippen MR) is 78.3 cm³/mol. The van der Waals surface area contributed by atoms with Gasteiger partial charge in [-0.15, -0.1) is 0 Å². The third-order valence-electron chi connectivity index (χ3n) is 3.40. The first kappa shape index (κ1) is 13.3. The summed E-state index contributed by atoms with van der Waals surface area (Å²) in [5, 5.41) is 0.290. The lowest BCUT2D eigenvalue weighted by atomic mass is 10.1. The van der Waals surface area contributed by atoms with Gasteiger partial charge in [0.25, 0.3) is 5.56 Å². The van der Waals surface area contributed by atoms with Gasteiger partial charge < -0.3 is 9.72 Å². The number of H-pyrrole nitrogens is 1. The van der Waals surface area contributed by atoms with Crippen LogP contribution in [0.4, 0.5) is 4.39 Å². The highest BCUT2D eigenvalue weighted by molar-refractivity contribution is 5.79. The number of ether oxygens (including phenoxy) is 1. The second-order valence-electron chi connectivity index (χ2n) is 4.88. The van der Waals surface area contributed by atoms with Gasteiger partial charge >= 0.3 is 0 Å². The highest BCUT2D eigenvalue weighted by atomic mass is 19.1. The van der Waals surface area contributed by atoms with Gasteiger partial charge in [-0.05, 0) is 43.2 Å². The Hall–Kier alpha value is -2.69. The van der Waals surface area contributed by atoms with Gasteiger partial charge in [-0.1, -0.05) is 6.07 Å². The van der Waals surface area contributed by atoms with Crippen molar-refractivity contribution < 1.29 is 9.13 Å². The molecule has 3 aromatic rings. The molecule has 5 heteroatoms. The van der Waals surface area contributed by atoms with E-state index in [0.717, 1.165) is 11.1 Å². The molecule has 0 unspecified atom stereocenters. The third kappa shape index (κ3) is 2.50. The van der Waals surface area contributed by atoms with Crippen LogP contribution in [0, 0.1) is 19.7 Å². The standard InChI is InChI=1S/C16H13FN2O2/c1-9-3-4-11(5-10(9)2)21-15-6-12-14(7-13(15)17)18-8-19-16(12)20/h3-8H,1-2H3,(H,18,19,20). The number of hydrogen-bond donors (Lipinski definition) is 1. The average Bonchev–Trinajstić information content (AvgIpc) is 2.45. The summed E-state index contributed by atoms with van der Waals surface area (Å²) in [4.78, 5) is 18.1. The van der Waals surface area contributed by atoms with Gasteiger partial charge in [0.05, 0.1) is 17.2 Å². The van der Waals surface area contributed by atoms with Crippen LogP contribution in [0.5, 0.6) is 11.5 Å². The molecule has 0 aliphatic rings. The van der Waals surface area contributed by atoms with Crippen LogP contribution in [0.15, 0.2) is 41.5 Å². The molecule has 0 saturated carbocycles. The molecule has 3 rings (SSSR count). The minimum Gasteiger partial charge on any atom is -0.454 e. The number of benzene rings is 2. The van der Waals surface area contributed by atoms with Crippen LogP contribution >= 0.6 is 0 Å². The zero-order chi connectivity index (χ0) is 15.0. The van der Waals surface area contributed by atoms with Gasteiger partial charge in [-0.25, -0.2) is 9.37 Å². The Labute approximate surface area is 120 Å². The molecule has 1 heterocycles. The summed E-state index contributed by atoms with van der Waals surface area (Å²) in [5.41, 5.74) is 2.14. The summed E-state index contributed by atoms with van der Waals surface area (Å²) in [6.07, 6.45) is 1.24. The Kier molecular flexibility index (Phi) is 3.17. The van der Waals surface area contributed by atoms with Gasteiger partial charge in [-0.2, -0.15) is 0 Å². The van der Waals surface area contributed by atoms with Crippen molar-refractivity contribution in [3.05, 3.63) is 64.0 Å². The maximum Gasteiger partial charge on any atom is 0.258 e. The van der Waals surface area contributed by atoms with E-state index in [1.807, 2.05) is 26.0 Å². The van der Waals surface area contributed by atoms with Crippen molar-refractivity contribution in [1.29, 1.82) is 0 Å². The van der Waals surface area contributed by atoms with Crippen LogP contribution in [-0.2, 0) is 0 Å². The van der Waals surface area contributed by atoms with Crippen molar-refractivity contribution in [1.82, 2.24) is 9.97 Å². The molecular weight excluding hydrogens is 271 g/mol. The highest BCUT2D eigenvalue weighted by Gasteiger charge is 2.10. The van der Waals surface area contributed by atoms with Crippen LogP contribution in [-0.4, -0.2) is 9.97 Å². The van der Waals surface area contributed by atoms with Crippen molar-refractivity contribution in [2.45, 2.75) is 13.8 Å². The van der Waals surface area contributed by atoms with Crippen LogP contribution in [0.3, 0.4) is 0 Å². The Morgan fingerprint density at radius 3 is 2.71 bits per heavy atom. The quantitative estimate of drug-likeness (QED) is 0.784. The Balaban J connectivity index is 2.07. The zero-order valence-electron chi connectivity index (χ0n) is 11.6. The van der Waals surface area contributed by atoms with Crippen molar-refractivity contribution in [3.63, 3.8) is 0 Å². The normalized spacial score (nSPS) is 10.8. The lowest BCUT2D eigenvalue weighted by molar-refractivity contribution is 0.443. The average molecular weight is 284 g/mol. The first-order chi connectivity index (χ1) is 10.0. The summed E-state index contributed by atoms with van der Waals surface area (Å²) in [6, 6.07) is 8.05. The number of aryl methyl sites for hydroxylation is 2. The first-order valence-electron chi connectivity index (χ1n) is 6.46. The minimum absolute atomic E-state index is 0.00394. The summed E-state index contributed by atoms with van der Waals surface area (Å²) in [6.45, 7) is 3.94. The molecule has 0 saturated heterocycles. The fourth-order valence-electron chi connectivity index (χ4n) is 2.05. The molecule has 106 valence electrons. The summed E-state index contributed by atoms with van der Waals surface area (Å²) in [7, 11) is 0. The summed E-state index contributed by atoms with van der Waals surface area (Å²) < 4.78 is 19.6. The smallest absolute Gasteiger partial charge is 0.258 e. The molecule has 0 atom stereocenters. The molecule has 0 bridgehead atoms. The number of nitrogens with one attached hydrogen (secondary N) is 1. The molecule has 0 radical (unpaired) electrons. The number of aromatic nitrogens is 2. The maximum absolute atomic E-state index is 14.0. The van der Waals surface area contributed by atoms with Crippen molar-refractivity contribution in [2.75, 3.05) is 0 Å². The van der Waals surface area contributed by atoms with Crippen molar-refractivity contribution >= 4 is 10.9 Å². The fraction of sp³-hybridized carbons (Fsp3) is 0.125. The second-order valence-corrected chi connectivity index (χ2v) is 4.88. The lowest BCUT2D eigenvalue weighted by Gasteiger charge is -2.09. The molecule has 0 fully saturated rings. The molecular formula is C16H13FN2O2. The monoisotopic (exact) mass is 284 g/mol. The third-order valence-corrected chi connectivity index (χ3v) is 3.40. The Bertz CT molecular complexity index is 887. The van der Waals surface area contributed by atoms with Gasteiger partial charge in [0, 0.05) is 6.07 Å². The molecule has 21 heavy (non-hydrogen) atoms. The van der Waals surface area contributed by atoms with Crippen LogP contribution in [0.2, 0.25) is 0 Å². The number of nitrogens with zero attached hydrogens (tertiary/aromatic N) is 1. The van der Waals surface area contributed by atoms with Crippen molar-refractivity contribution in [3.8, 4) is 11.5 Å². The van der Waals surface area contributed by atoms with E-state index in [-0.39, 0.29) is 16.7 Å². The first-order valence-corrected chi connectivity index (χ1v) is 6.46. The Morgan fingerprint density at radius 2 is 1.95 bits per heavy atom. The van der Waals surface area contributed by atoms with E-state index in [1.165, 1.54) is 18.5 Å². The van der Waals surface area contributed by atoms with E-state index in [9.17, 15) is 9.18 Å². The van der Waals surface area contributed by atoms with Crippen LogP contribution < -0.4 is 10.3 Å². The summed E-state index contributed by atoms with van der Waals surface area (Å²) >= 11 is 0. The summed E-state index contributed by atoms with van der Waals surface area (Å²) in [5.74, 6) is -0.0280. The SMILES string of the molecule is Cc1ccc(Oc2cc3c(=O)[nH]cnc3cc2F)cc1C. The van der Waals surface area contributed by atoms with E-state index in [1.54, 1.807) is 6.07 Å². The van der Waals surface area contributed by atoms with Gasteiger partial charge in [-0.3, -0.25) is 4.79 Å². The second kappa shape index (κ2) is 5.01. The molecule has 4 nitrogen and oxygen atoms in total. The van der Waals surface area contributed by atoms with E-state index in [0.29, 0.717) is 11.3 Å². The van der Waals surface area contributed by atoms with Gasteiger partial charge in [0.1, 0.15) is 5.75 Å². The molecule has 0 aliphatic heterocycles. The maximum atomic E-state index is 14.0. The van der Waals surface area contributed by atoms with Crippen molar-refractivity contribution in [2.24, 2.45) is 0 Å². The van der Waals surface area contributed by atoms with Gasteiger partial charge in [0.2, 0.25) is 0 Å². The predicted octanol–water partition coefficient (Wildman–Crippen LogP) is 3.47. The van der Waals surface area contributed by atoms with Crippen LogP contribution in [0.1, 0.15) is 11.1 Å². The molecule has 1 N–H and O–H groups in total. The molecule has 2 aromatic carbocycles. The number of hydrogen-bond acceptors (Lipinski definition) is 3. The molecule has 0 spiro atoms. The topological polar surface area (TPSA) is 55.0 Å². The van der Waals surface area contributed by atoms with E-state index in [4.69, 9.17) is 4.74 Å². The zero-order valence-corrected chi connectivity index (χ0v) is 11.6. The Morgan fingerprint density at radius 1 is 1.14 bits per heavy atom. The molecule has 0 amide bonds. The number of rotatable bonds is 2. The number of fused-ring (bicyclic) bond motifs is 1. The largest absolute Gasteiger partial charge is 0.454 e. The lowest BCUT2D eigenvalue weighted by Crippen LogP contribution is -2.06. The molecule has 0 aliphatic carbocycles. The van der Waals surface area contributed by atoms with E-state index < -0.39 is 5.82 Å². The number of aromatic amines is 1. The fourth-order valence-corrected chi connectivity index (χ4v) is 2.05.